The van der Waals surface area contributed by atoms with Gasteiger partial charge in [0.2, 0.25) is 0 Å². The first-order chi connectivity index (χ1) is 4.77. The van der Waals surface area contributed by atoms with E-state index in [0.717, 1.165) is 12.8 Å². The van der Waals surface area contributed by atoms with Crippen LogP contribution in [0.2, 0.25) is 0 Å². The first-order valence-electron chi connectivity index (χ1n) is 3.05. The number of ketones is 1. The van der Waals surface area contributed by atoms with Crippen molar-refractivity contribution in [3.63, 3.8) is 0 Å². The molecule has 0 heterocycles. The molecular weight excluding hydrogens is 171 g/mol. The SMILES string of the molecule is CCCC(C)=O.O=P(O)(O)O. The Morgan fingerprint density at radius 2 is 1.64 bits per heavy atom. The molecule has 0 aromatic rings. The van der Waals surface area contributed by atoms with Gasteiger partial charge in [-0.25, -0.2) is 4.57 Å². The van der Waals surface area contributed by atoms with Gasteiger partial charge in [-0.2, -0.15) is 0 Å². The molecule has 0 radical (unpaired) electrons. The van der Waals surface area contributed by atoms with E-state index in [9.17, 15) is 4.79 Å². The molecule has 0 spiro atoms. The minimum atomic E-state index is -4.64. The summed E-state index contributed by atoms with van der Waals surface area (Å²) in [4.78, 5) is 31.6. The summed E-state index contributed by atoms with van der Waals surface area (Å²) in [6, 6.07) is 0. The molecule has 0 fully saturated rings. The molecule has 0 amide bonds. The maximum absolute atomic E-state index is 10.0. The van der Waals surface area contributed by atoms with Gasteiger partial charge in [0.1, 0.15) is 5.78 Å². The zero-order valence-electron chi connectivity index (χ0n) is 6.52. The van der Waals surface area contributed by atoms with Crippen LogP contribution in [0.1, 0.15) is 26.7 Å². The Bertz CT molecular complexity index is 141. The average Bonchev–Trinajstić information content (AvgIpc) is 1.58. The van der Waals surface area contributed by atoms with Crippen molar-refractivity contribution in [2.24, 2.45) is 0 Å². The van der Waals surface area contributed by atoms with Crippen LogP contribution in [0.15, 0.2) is 0 Å². The van der Waals surface area contributed by atoms with Crippen LogP contribution in [0.4, 0.5) is 0 Å². The highest BCUT2D eigenvalue weighted by molar-refractivity contribution is 7.45. The number of carbonyl (C=O) groups excluding carboxylic acids is 1. The Kier molecular flexibility index (Phi) is 7.89. The Labute approximate surface area is 65.3 Å². The lowest BCUT2D eigenvalue weighted by molar-refractivity contribution is -0.117. The van der Waals surface area contributed by atoms with E-state index in [0.29, 0.717) is 0 Å². The summed E-state index contributed by atoms with van der Waals surface area (Å²) < 4.78 is 8.88. The molecule has 0 aliphatic rings. The molecule has 3 N–H and O–H groups in total. The number of hydrogen-bond donors (Lipinski definition) is 3. The zero-order chi connectivity index (χ0) is 9.49. The fourth-order valence-corrected chi connectivity index (χ4v) is 0.352. The van der Waals surface area contributed by atoms with Crippen molar-refractivity contribution in [1.82, 2.24) is 0 Å². The summed E-state index contributed by atoms with van der Waals surface area (Å²) in [5.41, 5.74) is 0. The van der Waals surface area contributed by atoms with Crippen molar-refractivity contribution < 1.29 is 24.0 Å². The second-order valence-electron chi connectivity index (χ2n) is 1.97. The van der Waals surface area contributed by atoms with Gasteiger partial charge in [-0.05, 0) is 13.3 Å². The highest BCUT2D eigenvalue weighted by Crippen LogP contribution is 2.25. The summed E-state index contributed by atoms with van der Waals surface area (Å²) in [5.74, 6) is 0.289. The van der Waals surface area contributed by atoms with Crippen molar-refractivity contribution in [3.8, 4) is 0 Å². The maximum atomic E-state index is 10.0. The average molecular weight is 184 g/mol. The number of carbonyl (C=O) groups is 1. The highest BCUT2D eigenvalue weighted by Gasteiger charge is 2.00. The van der Waals surface area contributed by atoms with Gasteiger partial charge in [-0.3, -0.25) is 0 Å². The predicted molar refractivity (Wildman–Crippen MR) is 39.9 cm³/mol. The zero-order valence-corrected chi connectivity index (χ0v) is 7.41. The van der Waals surface area contributed by atoms with Crippen molar-refractivity contribution in [1.29, 1.82) is 0 Å². The van der Waals surface area contributed by atoms with Crippen LogP contribution in [0.5, 0.6) is 0 Å². The lowest BCUT2D eigenvalue weighted by Gasteiger charge is -1.82. The molecular formula is C5H13O5P. The molecule has 5 nitrogen and oxygen atoms in total. The second kappa shape index (κ2) is 6.49. The Hall–Kier alpha value is -0.220. The van der Waals surface area contributed by atoms with Gasteiger partial charge in [0.05, 0.1) is 0 Å². The van der Waals surface area contributed by atoms with Gasteiger partial charge in [-0.1, -0.05) is 6.92 Å². The largest absolute Gasteiger partial charge is 0.466 e. The van der Waals surface area contributed by atoms with Gasteiger partial charge >= 0.3 is 7.82 Å². The molecule has 0 atom stereocenters. The highest BCUT2D eigenvalue weighted by atomic mass is 31.2. The molecule has 0 aliphatic carbocycles. The van der Waals surface area contributed by atoms with Gasteiger partial charge in [0, 0.05) is 6.42 Å². The third-order valence-electron chi connectivity index (χ3n) is 0.602. The molecule has 0 bridgehead atoms. The number of Topliss-reactive ketones (excluding diaryl/α,β-unsaturated/α-hetero) is 1. The third kappa shape index (κ3) is 76.6. The molecule has 6 heteroatoms. The van der Waals surface area contributed by atoms with Gasteiger partial charge < -0.3 is 19.5 Å². The molecule has 68 valence electrons. The van der Waals surface area contributed by atoms with Crippen LogP contribution >= 0.6 is 7.82 Å². The van der Waals surface area contributed by atoms with Crippen LogP contribution in [-0.4, -0.2) is 20.5 Å². The lowest BCUT2D eigenvalue weighted by atomic mass is 10.3. The first-order valence-corrected chi connectivity index (χ1v) is 4.61. The number of phosphoric acid groups is 1. The van der Waals surface area contributed by atoms with Crippen LogP contribution < -0.4 is 0 Å². The maximum Gasteiger partial charge on any atom is 0.466 e. The van der Waals surface area contributed by atoms with E-state index in [1.54, 1.807) is 6.92 Å². The van der Waals surface area contributed by atoms with Crippen molar-refractivity contribution in [2.75, 3.05) is 0 Å². The summed E-state index contributed by atoms with van der Waals surface area (Å²) in [5, 5.41) is 0. The molecule has 0 saturated heterocycles. The lowest BCUT2D eigenvalue weighted by Crippen LogP contribution is -1.84. The summed E-state index contributed by atoms with van der Waals surface area (Å²) in [6.07, 6.45) is 1.72. The monoisotopic (exact) mass is 184 g/mol. The molecule has 0 aromatic carbocycles. The quantitative estimate of drug-likeness (QED) is 0.541. The Balaban J connectivity index is 0. The summed E-state index contributed by atoms with van der Waals surface area (Å²) in [6.45, 7) is 3.62. The van der Waals surface area contributed by atoms with Crippen molar-refractivity contribution in [3.05, 3.63) is 0 Å². The second-order valence-corrected chi connectivity index (χ2v) is 2.99. The van der Waals surface area contributed by atoms with E-state index < -0.39 is 7.82 Å². The Morgan fingerprint density at radius 1 is 1.36 bits per heavy atom. The molecule has 0 aliphatic heterocycles. The van der Waals surface area contributed by atoms with Gasteiger partial charge in [-0.15, -0.1) is 0 Å². The van der Waals surface area contributed by atoms with E-state index in [4.69, 9.17) is 19.2 Å². The fraction of sp³-hybridized carbons (Fsp3) is 0.800. The minimum Gasteiger partial charge on any atom is -0.303 e. The molecule has 0 saturated carbocycles. The normalized spacial score (nSPS) is 9.91. The van der Waals surface area contributed by atoms with E-state index in [-0.39, 0.29) is 5.78 Å². The van der Waals surface area contributed by atoms with E-state index in [1.807, 2.05) is 6.92 Å². The van der Waals surface area contributed by atoms with Crippen molar-refractivity contribution in [2.45, 2.75) is 26.7 Å². The predicted octanol–water partition coefficient (Wildman–Crippen LogP) is 0.447. The van der Waals surface area contributed by atoms with E-state index >= 15 is 0 Å². The van der Waals surface area contributed by atoms with Crippen LogP contribution in [0.3, 0.4) is 0 Å². The Morgan fingerprint density at radius 3 is 1.64 bits per heavy atom. The van der Waals surface area contributed by atoms with Gasteiger partial charge in [0.15, 0.2) is 0 Å². The first kappa shape index (κ1) is 13.4. The number of hydrogen-bond acceptors (Lipinski definition) is 2. The molecule has 0 aromatic heterocycles. The van der Waals surface area contributed by atoms with Crippen molar-refractivity contribution >= 4 is 13.6 Å². The summed E-state index contributed by atoms with van der Waals surface area (Å²) >= 11 is 0. The van der Waals surface area contributed by atoms with E-state index in [1.165, 1.54) is 0 Å². The molecule has 0 rings (SSSR count). The third-order valence-corrected chi connectivity index (χ3v) is 0.602. The summed E-state index contributed by atoms with van der Waals surface area (Å²) in [7, 11) is -4.64. The molecule has 0 unspecified atom stereocenters. The molecule has 11 heavy (non-hydrogen) atoms. The topological polar surface area (TPSA) is 94.8 Å². The van der Waals surface area contributed by atoms with E-state index in [2.05, 4.69) is 0 Å². The van der Waals surface area contributed by atoms with Crippen LogP contribution in [0, 0.1) is 0 Å². The van der Waals surface area contributed by atoms with Gasteiger partial charge in [0.25, 0.3) is 0 Å². The smallest absolute Gasteiger partial charge is 0.303 e. The van der Waals surface area contributed by atoms with Crippen LogP contribution in [-0.2, 0) is 9.36 Å². The fourth-order valence-electron chi connectivity index (χ4n) is 0.352. The standard InChI is InChI=1S/C5H10O.H3O4P/c1-3-4-5(2)6;1-5(2,3)4/h3-4H2,1-2H3;(H3,1,2,3,4). The van der Waals surface area contributed by atoms with Crippen LogP contribution in [0.25, 0.3) is 0 Å². The minimum absolute atomic E-state index is 0.289. The number of rotatable bonds is 2.